The first kappa shape index (κ1) is 11.1. The number of aromatic hydroxyl groups is 1. The molecule has 0 spiro atoms. The smallest absolute Gasteiger partial charge is 0.119 e. The van der Waals surface area contributed by atoms with Gasteiger partial charge < -0.3 is 10.4 Å². The van der Waals surface area contributed by atoms with Gasteiger partial charge in [-0.2, -0.15) is 0 Å². The summed E-state index contributed by atoms with van der Waals surface area (Å²) >= 11 is 0. The van der Waals surface area contributed by atoms with E-state index >= 15 is 0 Å². The van der Waals surface area contributed by atoms with Gasteiger partial charge in [0.25, 0.3) is 0 Å². The molecule has 2 N–H and O–H groups in total. The molecule has 2 nitrogen and oxygen atoms in total. The maximum absolute atomic E-state index is 10.2. The summed E-state index contributed by atoms with van der Waals surface area (Å²) in [6.07, 6.45) is 2.13. The average molecular weight is 231 g/mol. The molecule has 2 atom stereocenters. The number of fused-ring (bicyclic) bond motifs is 4. The van der Waals surface area contributed by atoms with Crippen LogP contribution < -0.4 is 5.32 Å². The van der Waals surface area contributed by atoms with Gasteiger partial charge in [-0.1, -0.05) is 32.9 Å². The molecule has 1 heterocycles. The predicted octanol–water partition coefficient (Wildman–Crippen LogP) is 2.59. The molecule has 1 aromatic carbocycles. The Morgan fingerprint density at radius 3 is 2.82 bits per heavy atom. The van der Waals surface area contributed by atoms with Crippen molar-refractivity contribution >= 4 is 0 Å². The molecule has 3 rings (SSSR count). The monoisotopic (exact) mass is 231 g/mol. The van der Waals surface area contributed by atoms with E-state index in [0.717, 1.165) is 19.4 Å². The number of rotatable bonds is 0. The van der Waals surface area contributed by atoms with Crippen LogP contribution in [-0.2, 0) is 11.8 Å². The van der Waals surface area contributed by atoms with E-state index < -0.39 is 0 Å². The Morgan fingerprint density at radius 2 is 2.06 bits per heavy atom. The second kappa shape index (κ2) is 3.26. The Morgan fingerprint density at radius 1 is 1.29 bits per heavy atom. The van der Waals surface area contributed by atoms with Crippen molar-refractivity contribution < 1.29 is 5.11 Å². The zero-order valence-electron chi connectivity index (χ0n) is 10.9. The van der Waals surface area contributed by atoms with Crippen LogP contribution in [0.15, 0.2) is 18.2 Å². The Balaban J connectivity index is 2.27. The summed E-state index contributed by atoms with van der Waals surface area (Å²) in [4.78, 5) is 0. The van der Waals surface area contributed by atoms with E-state index in [9.17, 15) is 5.11 Å². The topological polar surface area (TPSA) is 32.3 Å². The van der Waals surface area contributed by atoms with Crippen molar-refractivity contribution in [2.24, 2.45) is 5.41 Å². The van der Waals surface area contributed by atoms with E-state index in [-0.39, 0.29) is 10.8 Å². The second-order valence-electron chi connectivity index (χ2n) is 6.33. The average Bonchev–Trinajstić information content (AvgIpc) is 2.22. The zero-order valence-corrected chi connectivity index (χ0v) is 10.9. The van der Waals surface area contributed by atoms with E-state index in [1.165, 1.54) is 11.1 Å². The summed E-state index contributed by atoms with van der Waals surface area (Å²) in [7, 11) is 0. The van der Waals surface area contributed by atoms with E-state index in [1.54, 1.807) is 0 Å². The minimum atomic E-state index is 0.0852. The van der Waals surface area contributed by atoms with Gasteiger partial charge in [0, 0.05) is 17.0 Å². The molecular formula is C15H21NO. The molecular weight excluding hydrogens is 210 g/mol. The number of phenolic OH excluding ortho intramolecular Hbond substituents is 1. The molecule has 0 saturated carbocycles. The van der Waals surface area contributed by atoms with Crippen LogP contribution in [0.5, 0.6) is 5.75 Å². The summed E-state index contributed by atoms with van der Waals surface area (Å²) < 4.78 is 0. The summed E-state index contributed by atoms with van der Waals surface area (Å²) in [6.45, 7) is 8.04. The normalized spacial score (nSPS) is 34.2. The van der Waals surface area contributed by atoms with Crippen molar-refractivity contribution in [2.75, 3.05) is 6.54 Å². The molecule has 2 bridgehead atoms. The predicted molar refractivity (Wildman–Crippen MR) is 69.4 cm³/mol. The molecule has 1 fully saturated rings. The van der Waals surface area contributed by atoms with Gasteiger partial charge in [0.15, 0.2) is 0 Å². The maximum atomic E-state index is 10.2. The molecule has 0 radical (unpaired) electrons. The molecule has 0 amide bonds. The SMILES string of the molecule is CC1(C)[C@H]2Cc3cccc(O)c3[C@]1(C)CCN2. The van der Waals surface area contributed by atoms with Crippen molar-refractivity contribution in [2.45, 2.75) is 45.1 Å². The first-order chi connectivity index (χ1) is 7.97. The second-order valence-corrected chi connectivity index (χ2v) is 6.33. The highest BCUT2D eigenvalue weighted by Crippen LogP contribution is 2.55. The minimum Gasteiger partial charge on any atom is -0.508 e. The van der Waals surface area contributed by atoms with Gasteiger partial charge in [-0.25, -0.2) is 0 Å². The third kappa shape index (κ3) is 1.25. The summed E-state index contributed by atoms with van der Waals surface area (Å²) in [6, 6.07) is 6.49. The van der Waals surface area contributed by atoms with Crippen LogP contribution >= 0.6 is 0 Å². The van der Waals surface area contributed by atoms with Crippen LogP contribution in [0.25, 0.3) is 0 Å². The highest BCUT2D eigenvalue weighted by atomic mass is 16.3. The molecule has 1 aliphatic carbocycles. The van der Waals surface area contributed by atoms with Crippen LogP contribution in [0, 0.1) is 5.41 Å². The molecule has 2 heteroatoms. The van der Waals surface area contributed by atoms with E-state index in [4.69, 9.17) is 0 Å². The van der Waals surface area contributed by atoms with E-state index in [0.29, 0.717) is 11.8 Å². The highest BCUT2D eigenvalue weighted by Gasteiger charge is 2.54. The summed E-state index contributed by atoms with van der Waals surface area (Å²) in [5.41, 5.74) is 2.80. The lowest BCUT2D eigenvalue weighted by Crippen LogP contribution is -2.62. The van der Waals surface area contributed by atoms with Crippen molar-refractivity contribution in [1.82, 2.24) is 5.32 Å². The van der Waals surface area contributed by atoms with E-state index in [2.05, 4.69) is 32.2 Å². The minimum absolute atomic E-state index is 0.0852. The van der Waals surface area contributed by atoms with Crippen LogP contribution in [0.4, 0.5) is 0 Å². The van der Waals surface area contributed by atoms with Gasteiger partial charge in [-0.15, -0.1) is 0 Å². The number of phenols is 1. The summed E-state index contributed by atoms with van der Waals surface area (Å²) in [5, 5.41) is 13.9. The molecule has 92 valence electrons. The van der Waals surface area contributed by atoms with Crippen LogP contribution in [0.3, 0.4) is 0 Å². The first-order valence-electron chi connectivity index (χ1n) is 6.51. The largest absolute Gasteiger partial charge is 0.508 e. The van der Waals surface area contributed by atoms with Gasteiger partial charge in [0.2, 0.25) is 0 Å². The standard InChI is InChI=1S/C15H21NO/c1-14(2)12-9-10-5-4-6-11(17)13(10)15(14,3)7-8-16-12/h4-6,12,16-17H,7-9H2,1-3H3/t12-,15+/m1/s1. The highest BCUT2D eigenvalue weighted by molar-refractivity contribution is 5.49. The van der Waals surface area contributed by atoms with E-state index in [1.807, 2.05) is 12.1 Å². The fourth-order valence-electron chi connectivity index (χ4n) is 3.85. The number of hydrogen-bond donors (Lipinski definition) is 2. The van der Waals surface area contributed by atoms with Gasteiger partial charge in [-0.05, 0) is 36.4 Å². The molecule has 0 aromatic heterocycles. The zero-order chi connectivity index (χ0) is 12.3. The van der Waals surface area contributed by atoms with Gasteiger partial charge in [0.05, 0.1) is 0 Å². The Labute approximate surface area is 103 Å². The third-order valence-corrected chi connectivity index (χ3v) is 5.41. The van der Waals surface area contributed by atoms with Crippen molar-refractivity contribution in [3.63, 3.8) is 0 Å². The fraction of sp³-hybridized carbons (Fsp3) is 0.600. The van der Waals surface area contributed by atoms with Crippen LogP contribution in [0.1, 0.15) is 38.3 Å². The third-order valence-electron chi connectivity index (χ3n) is 5.41. The van der Waals surface area contributed by atoms with Crippen LogP contribution in [0.2, 0.25) is 0 Å². The Kier molecular flexibility index (Phi) is 2.13. The van der Waals surface area contributed by atoms with Crippen LogP contribution in [-0.4, -0.2) is 17.7 Å². The fourth-order valence-corrected chi connectivity index (χ4v) is 3.85. The first-order valence-corrected chi connectivity index (χ1v) is 6.51. The Hall–Kier alpha value is -1.02. The van der Waals surface area contributed by atoms with Crippen molar-refractivity contribution in [3.05, 3.63) is 29.3 Å². The molecule has 2 aliphatic rings. The van der Waals surface area contributed by atoms with Gasteiger partial charge >= 0.3 is 0 Å². The lowest BCUT2D eigenvalue weighted by Gasteiger charge is -2.57. The number of benzene rings is 1. The molecule has 1 saturated heterocycles. The van der Waals surface area contributed by atoms with Gasteiger partial charge in [0.1, 0.15) is 5.75 Å². The van der Waals surface area contributed by atoms with Crippen molar-refractivity contribution in [1.29, 1.82) is 0 Å². The quantitative estimate of drug-likeness (QED) is 0.719. The Bertz CT molecular complexity index is 466. The number of piperidine rings is 1. The molecule has 0 unspecified atom stereocenters. The number of nitrogens with one attached hydrogen (secondary N) is 1. The summed E-state index contributed by atoms with van der Waals surface area (Å²) in [5.74, 6) is 0.485. The molecule has 1 aliphatic heterocycles. The number of hydrogen-bond acceptors (Lipinski definition) is 2. The van der Waals surface area contributed by atoms with Crippen molar-refractivity contribution in [3.8, 4) is 5.75 Å². The lowest BCUT2D eigenvalue weighted by molar-refractivity contribution is 0.0538. The lowest BCUT2D eigenvalue weighted by atomic mass is 9.51. The maximum Gasteiger partial charge on any atom is 0.119 e. The molecule has 17 heavy (non-hydrogen) atoms. The van der Waals surface area contributed by atoms with Gasteiger partial charge in [-0.3, -0.25) is 0 Å². The molecule has 1 aromatic rings.